The standard InChI is InChI=1S/C18H29NO2/c1-4-19-17(10-9-15-7-6-12-21-15)16-13-14(3)8-11-18(16)20-5-2/h8,11,13,15,17,19H,4-7,9-10,12H2,1-3H3. The summed E-state index contributed by atoms with van der Waals surface area (Å²) >= 11 is 0. The van der Waals surface area contributed by atoms with E-state index in [1.807, 2.05) is 6.92 Å². The number of hydrogen-bond acceptors (Lipinski definition) is 3. The molecule has 0 saturated carbocycles. The Hall–Kier alpha value is -1.06. The van der Waals surface area contributed by atoms with Crippen molar-refractivity contribution < 1.29 is 9.47 Å². The summed E-state index contributed by atoms with van der Waals surface area (Å²) in [6.07, 6.45) is 5.10. The molecule has 2 rings (SSSR count). The van der Waals surface area contributed by atoms with E-state index in [1.54, 1.807) is 0 Å². The van der Waals surface area contributed by atoms with Gasteiger partial charge in [0.15, 0.2) is 0 Å². The van der Waals surface area contributed by atoms with E-state index in [0.29, 0.717) is 18.8 Å². The number of hydrogen-bond donors (Lipinski definition) is 1. The summed E-state index contributed by atoms with van der Waals surface area (Å²) in [4.78, 5) is 0. The van der Waals surface area contributed by atoms with Gasteiger partial charge in [0.2, 0.25) is 0 Å². The first kappa shape index (κ1) is 16.3. The molecule has 1 saturated heterocycles. The van der Waals surface area contributed by atoms with Gasteiger partial charge in [0.25, 0.3) is 0 Å². The SMILES string of the molecule is CCNC(CCC1CCCO1)c1cc(C)ccc1OCC. The molecule has 1 aliphatic rings. The molecular weight excluding hydrogens is 262 g/mol. The molecule has 1 aromatic rings. The van der Waals surface area contributed by atoms with Crippen molar-refractivity contribution in [3.8, 4) is 5.75 Å². The molecule has 0 bridgehead atoms. The summed E-state index contributed by atoms with van der Waals surface area (Å²) in [6.45, 7) is 8.96. The van der Waals surface area contributed by atoms with Crippen molar-refractivity contribution in [2.24, 2.45) is 0 Å². The van der Waals surface area contributed by atoms with Crippen LogP contribution in [0.3, 0.4) is 0 Å². The highest BCUT2D eigenvalue weighted by Crippen LogP contribution is 2.31. The lowest BCUT2D eigenvalue weighted by atomic mass is 9.97. The smallest absolute Gasteiger partial charge is 0.124 e. The van der Waals surface area contributed by atoms with Gasteiger partial charge in [-0.15, -0.1) is 0 Å². The minimum atomic E-state index is 0.348. The highest BCUT2D eigenvalue weighted by atomic mass is 16.5. The maximum Gasteiger partial charge on any atom is 0.124 e. The minimum Gasteiger partial charge on any atom is -0.494 e. The molecule has 1 heterocycles. The molecule has 2 atom stereocenters. The van der Waals surface area contributed by atoms with Crippen LogP contribution in [0.5, 0.6) is 5.75 Å². The van der Waals surface area contributed by atoms with Crippen molar-refractivity contribution in [3.63, 3.8) is 0 Å². The lowest BCUT2D eigenvalue weighted by molar-refractivity contribution is 0.0995. The normalized spacial score (nSPS) is 19.7. The average molecular weight is 291 g/mol. The second kappa shape index (κ2) is 8.40. The Labute approximate surface area is 129 Å². The number of rotatable bonds is 8. The van der Waals surface area contributed by atoms with Crippen LogP contribution in [0.15, 0.2) is 18.2 Å². The molecule has 2 unspecified atom stereocenters. The van der Waals surface area contributed by atoms with Crippen molar-refractivity contribution in [1.29, 1.82) is 0 Å². The predicted molar refractivity (Wildman–Crippen MR) is 87.0 cm³/mol. The quantitative estimate of drug-likeness (QED) is 0.785. The molecule has 0 spiro atoms. The third kappa shape index (κ3) is 4.72. The molecule has 1 fully saturated rings. The van der Waals surface area contributed by atoms with Gasteiger partial charge in [-0.25, -0.2) is 0 Å². The van der Waals surface area contributed by atoms with E-state index in [1.165, 1.54) is 24.0 Å². The maximum atomic E-state index is 5.82. The first-order valence-corrected chi connectivity index (χ1v) is 8.33. The number of nitrogens with one attached hydrogen (secondary N) is 1. The minimum absolute atomic E-state index is 0.348. The highest BCUT2D eigenvalue weighted by molar-refractivity contribution is 5.39. The monoisotopic (exact) mass is 291 g/mol. The third-order valence-electron chi connectivity index (χ3n) is 4.09. The van der Waals surface area contributed by atoms with E-state index in [0.717, 1.165) is 31.7 Å². The Kier molecular flexibility index (Phi) is 6.52. The fourth-order valence-electron chi connectivity index (χ4n) is 3.07. The van der Waals surface area contributed by atoms with Crippen LogP contribution in [0.1, 0.15) is 56.7 Å². The molecule has 1 N–H and O–H groups in total. The molecule has 0 aliphatic carbocycles. The second-order valence-corrected chi connectivity index (χ2v) is 5.80. The fourth-order valence-corrected chi connectivity index (χ4v) is 3.07. The molecule has 118 valence electrons. The van der Waals surface area contributed by atoms with Gasteiger partial charge < -0.3 is 14.8 Å². The number of aryl methyl sites for hydroxylation is 1. The summed E-state index contributed by atoms with van der Waals surface area (Å²) < 4.78 is 11.6. The van der Waals surface area contributed by atoms with Crippen molar-refractivity contribution in [1.82, 2.24) is 5.32 Å². The number of benzene rings is 1. The van der Waals surface area contributed by atoms with Gasteiger partial charge in [0.05, 0.1) is 12.7 Å². The summed E-state index contributed by atoms with van der Waals surface area (Å²) in [7, 11) is 0. The van der Waals surface area contributed by atoms with E-state index >= 15 is 0 Å². The molecule has 3 heteroatoms. The zero-order valence-electron chi connectivity index (χ0n) is 13.7. The van der Waals surface area contributed by atoms with Crippen molar-refractivity contribution in [3.05, 3.63) is 29.3 Å². The van der Waals surface area contributed by atoms with Gasteiger partial charge in [-0.2, -0.15) is 0 Å². The lowest BCUT2D eigenvalue weighted by Crippen LogP contribution is -2.23. The third-order valence-corrected chi connectivity index (χ3v) is 4.09. The van der Waals surface area contributed by atoms with Crippen molar-refractivity contribution in [2.75, 3.05) is 19.8 Å². The molecule has 0 amide bonds. The molecular formula is C18H29NO2. The van der Waals surface area contributed by atoms with Gasteiger partial charge in [0, 0.05) is 18.2 Å². The van der Waals surface area contributed by atoms with Crippen molar-refractivity contribution >= 4 is 0 Å². The number of ether oxygens (including phenoxy) is 2. The Morgan fingerprint density at radius 1 is 1.38 bits per heavy atom. The van der Waals surface area contributed by atoms with Gasteiger partial charge in [-0.05, 0) is 52.1 Å². The first-order chi connectivity index (χ1) is 10.2. The van der Waals surface area contributed by atoms with E-state index in [-0.39, 0.29) is 0 Å². The summed E-state index contributed by atoms with van der Waals surface area (Å²) in [6, 6.07) is 6.83. The molecule has 21 heavy (non-hydrogen) atoms. The molecule has 1 aliphatic heterocycles. The predicted octanol–water partition coefficient (Wildman–Crippen LogP) is 4.00. The summed E-state index contributed by atoms with van der Waals surface area (Å²) in [5.74, 6) is 1.02. The van der Waals surface area contributed by atoms with Crippen LogP contribution >= 0.6 is 0 Å². The van der Waals surface area contributed by atoms with Gasteiger partial charge in [-0.1, -0.05) is 24.6 Å². The van der Waals surface area contributed by atoms with Crippen LogP contribution < -0.4 is 10.1 Å². The average Bonchev–Trinajstić information content (AvgIpc) is 2.99. The van der Waals surface area contributed by atoms with Crippen LogP contribution in [0.25, 0.3) is 0 Å². The van der Waals surface area contributed by atoms with Gasteiger partial charge in [0.1, 0.15) is 5.75 Å². The van der Waals surface area contributed by atoms with E-state index in [9.17, 15) is 0 Å². The summed E-state index contributed by atoms with van der Waals surface area (Å²) in [5.41, 5.74) is 2.57. The Morgan fingerprint density at radius 3 is 2.90 bits per heavy atom. The second-order valence-electron chi connectivity index (χ2n) is 5.80. The summed E-state index contributed by atoms with van der Waals surface area (Å²) in [5, 5.41) is 3.61. The van der Waals surface area contributed by atoms with E-state index in [4.69, 9.17) is 9.47 Å². The van der Waals surface area contributed by atoms with E-state index < -0.39 is 0 Å². The zero-order valence-corrected chi connectivity index (χ0v) is 13.7. The first-order valence-electron chi connectivity index (χ1n) is 8.33. The fraction of sp³-hybridized carbons (Fsp3) is 0.667. The van der Waals surface area contributed by atoms with E-state index in [2.05, 4.69) is 37.4 Å². The van der Waals surface area contributed by atoms with Crippen molar-refractivity contribution in [2.45, 2.75) is 58.6 Å². The Balaban J connectivity index is 2.09. The molecule has 1 aromatic carbocycles. The van der Waals surface area contributed by atoms with Crippen LogP contribution in [-0.4, -0.2) is 25.9 Å². The molecule has 3 nitrogen and oxygen atoms in total. The Morgan fingerprint density at radius 2 is 2.24 bits per heavy atom. The van der Waals surface area contributed by atoms with Gasteiger partial charge >= 0.3 is 0 Å². The maximum absolute atomic E-state index is 5.82. The molecule has 0 aromatic heterocycles. The van der Waals surface area contributed by atoms with Crippen LogP contribution in [0, 0.1) is 6.92 Å². The zero-order chi connectivity index (χ0) is 15.1. The lowest BCUT2D eigenvalue weighted by Gasteiger charge is -2.23. The Bertz CT molecular complexity index is 427. The molecule has 0 radical (unpaired) electrons. The largest absolute Gasteiger partial charge is 0.494 e. The van der Waals surface area contributed by atoms with Crippen LogP contribution in [0.2, 0.25) is 0 Å². The van der Waals surface area contributed by atoms with Crippen LogP contribution in [0.4, 0.5) is 0 Å². The van der Waals surface area contributed by atoms with Gasteiger partial charge in [-0.3, -0.25) is 0 Å². The topological polar surface area (TPSA) is 30.5 Å². The highest BCUT2D eigenvalue weighted by Gasteiger charge is 2.20. The van der Waals surface area contributed by atoms with Crippen LogP contribution in [-0.2, 0) is 4.74 Å².